The molecule has 0 fully saturated rings. The van der Waals surface area contributed by atoms with Crippen LogP contribution in [0.2, 0.25) is 0 Å². The molecule has 0 N–H and O–H groups in total. The van der Waals surface area contributed by atoms with Gasteiger partial charge in [-0.1, -0.05) is 30.3 Å². The van der Waals surface area contributed by atoms with E-state index in [1.165, 1.54) is 56.6 Å². The Kier molecular flexibility index (Phi) is 2.91. The molecular formula is C26H13N3S2. The average molecular weight is 432 g/mol. The monoisotopic (exact) mass is 431 g/mol. The van der Waals surface area contributed by atoms with Gasteiger partial charge in [0, 0.05) is 66.5 Å². The summed E-state index contributed by atoms with van der Waals surface area (Å²) in [6, 6.07) is 20.1. The molecular weight excluding hydrogens is 418 g/mol. The molecule has 3 nitrogen and oxygen atoms in total. The summed E-state index contributed by atoms with van der Waals surface area (Å²) in [5.41, 5.74) is 2.15. The number of aromatic nitrogens is 3. The topological polar surface area (TPSA) is 30.2 Å². The van der Waals surface area contributed by atoms with Crippen LogP contribution in [0.4, 0.5) is 0 Å². The predicted molar refractivity (Wildman–Crippen MR) is 134 cm³/mol. The van der Waals surface area contributed by atoms with Gasteiger partial charge in [-0.05, 0) is 29.7 Å². The summed E-state index contributed by atoms with van der Waals surface area (Å²) in [4.78, 5) is 8.97. The third-order valence-electron chi connectivity index (χ3n) is 6.35. The molecule has 5 aromatic heterocycles. The molecule has 0 unspecified atom stereocenters. The molecule has 0 radical (unpaired) electrons. The van der Waals surface area contributed by atoms with Gasteiger partial charge in [-0.15, -0.1) is 22.7 Å². The van der Waals surface area contributed by atoms with Crippen LogP contribution in [0.3, 0.4) is 0 Å². The second-order valence-corrected chi connectivity index (χ2v) is 10.0. The molecule has 8 aromatic rings. The number of benzene rings is 3. The van der Waals surface area contributed by atoms with E-state index in [0.29, 0.717) is 0 Å². The Morgan fingerprint density at radius 3 is 2.42 bits per heavy atom. The van der Waals surface area contributed by atoms with Gasteiger partial charge in [0.15, 0.2) is 0 Å². The number of thiophene rings is 2. The number of fused-ring (bicyclic) bond motifs is 13. The molecule has 0 aliphatic carbocycles. The lowest BCUT2D eigenvalue weighted by Crippen LogP contribution is -1.90. The van der Waals surface area contributed by atoms with E-state index in [9.17, 15) is 0 Å². The fourth-order valence-electron chi connectivity index (χ4n) is 4.97. The molecule has 0 saturated heterocycles. The molecule has 0 atom stereocenters. The highest BCUT2D eigenvalue weighted by Crippen LogP contribution is 2.45. The van der Waals surface area contributed by atoms with Gasteiger partial charge >= 0.3 is 0 Å². The summed E-state index contributed by atoms with van der Waals surface area (Å²) in [6.45, 7) is 0. The normalized spacial score (nSPS) is 12.5. The van der Waals surface area contributed by atoms with Crippen LogP contribution in [0.5, 0.6) is 0 Å². The Morgan fingerprint density at radius 1 is 0.645 bits per heavy atom. The first-order valence-electron chi connectivity index (χ1n) is 10.2. The van der Waals surface area contributed by atoms with Crippen molar-refractivity contribution in [2.45, 2.75) is 0 Å². The summed E-state index contributed by atoms with van der Waals surface area (Å²) >= 11 is 3.81. The lowest BCUT2D eigenvalue weighted by molar-refractivity contribution is 1.27. The summed E-state index contributed by atoms with van der Waals surface area (Å²) in [5.74, 6) is 0. The minimum atomic E-state index is 0.961. The average Bonchev–Trinajstić information content (AvgIpc) is 3.53. The van der Waals surface area contributed by atoms with Crippen LogP contribution >= 0.6 is 22.7 Å². The quantitative estimate of drug-likeness (QED) is 0.230. The van der Waals surface area contributed by atoms with E-state index >= 15 is 0 Å². The zero-order chi connectivity index (χ0) is 20.1. The minimum Gasteiger partial charge on any atom is -0.299 e. The highest BCUT2D eigenvalue weighted by molar-refractivity contribution is 7.33. The van der Waals surface area contributed by atoms with Crippen molar-refractivity contribution in [2.75, 3.05) is 0 Å². The first-order valence-corrected chi connectivity index (χ1v) is 11.8. The van der Waals surface area contributed by atoms with E-state index in [0.717, 1.165) is 11.0 Å². The maximum Gasteiger partial charge on any atom is 0.146 e. The Bertz CT molecular complexity index is 2010. The second kappa shape index (κ2) is 5.58. The van der Waals surface area contributed by atoms with Gasteiger partial charge in [-0.25, -0.2) is 4.98 Å². The maximum atomic E-state index is 4.61. The Labute approximate surface area is 183 Å². The minimum absolute atomic E-state index is 0.961. The summed E-state index contributed by atoms with van der Waals surface area (Å²) < 4.78 is 7.64. The van der Waals surface area contributed by atoms with E-state index in [2.05, 4.69) is 69.0 Å². The van der Waals surface area contributed by atoms with Crippen LogP contribution in [0.25, 0.3) is 67.7 Å². The van der Waals surface area contributed by atoms with Gasteiger partial charge < -0.3 is 0 Å². The Balaban J connectivity index is 1.61. The van der Waals surface area contributed by atoms with Crippen LogP contribution in [-0.2, 0) is 0 Å². The molecule has 0 spiro atoms. The molecule has 0 aliphatic rings. The van der Waals surface area contributed by atoms with Crippen molar-refractivity contribution in [2.24, 2.45) is 0 Å². The van der Waals surface area contributed by atoms with Crippen molar-refractivity contribution >= 4 is 90.3 Å². The van der Waals surface area contributed by atoms with E-state index in [4.69, 9.17) is 0 Å². The van der Waals surface area contributed by atoms with Crippen molar-refractivity contribution in [1.29, 1.82) is 0 Å². The van der Waals surface area contributed by atoms with E-state index in [1.54, 1.807) is 0 Å². The van der Waals surface area contributed by atoms with E-state index < -0.39 is 0 Å². The zero-order valence-electron chi connectivity index (χ0n) is 16.2. The van der Waals surface area contributed by atoms with Crippen molar-refractivity contribution in [3.63, 3.8) is 0 Å². The van der Waals surface area contributed by atoms with Crippen LogP contribution in [0.15, 0.2) is 79.4 Å². The van der Waals surface area contributed by atoms with Crippen molar-refractivity contribution < 1.29 is 0 Å². The largest absolute Gasteiger partial charge is 0.299 e. The van der Waals surface area contributed by atoms with Gasteiger partial charge in [-0.3, -0.25) is 9.38 Å². The third kappa shape index (κ3) is 1.98. The molecule has 8 rings (SSSR count). The number of nitrogens with zero attached hydrogens (tertiary/aromatic N) is 3. The first-order chi connectivity index (χ1) is 15.4. The lowest BCUT2D eigenvalue weighted by atomic mass is 10.0. The molecule has 0 bridgehead atoms. The van der Waals surface area contributed by atoms with Gasteiger partial charge in [-0.2, -0.15) is 0 Å². The SMILES string of the molecule is c1ccc2c(c1)sc1c2ccc2c3cc4c5ccncc5c5nccn5c4cc3sc21. The van der Waals surface area contributed by atoms with E-state index in [1.807, 2.05) is 47.5 Å². The molecule has 0 saturated carbocycles. The lowest BCUT2D eigenvalue weighted by Gasteiger charge is -2.08. The molecule has 0 aliphatic heterocycles. The highest BCUT2D eigenvalue weighted by Gasteiger charge is 2.16. The standard InChI is InChI=1S/C26H13N3S2/c1-2-4-22-15(3-1)16-5-6-17-19-11-18-14-7-8-27-13-20(14)26-28-9-10-29(26)21(18)12-23(19)31-25(17)24(16)30-22/h1-13H. The van der Waals surface area contributed by atoms with Crippen LogP contribution in [0, 0.1) is 0 Å². The highest BCUT2D eigenvalue weighted by atomic mass is 32.1. The Morgan fingerprint density at radius 2 is 1.48 bits per heavy atom. The zero-order valence-corrected chi connectivity index (χ0v) is 17.8. The van der Waals surface area contributed by atoms with Crippen molar-refractivity contribution in [3.05, 3.63) is 79.4 Å². The van der Waals surface area contributed by atoms with Gasteiger partial charge in [0.05, 0.1) is 14.9 Å². The molecule has 5 heterocycles. The van der Waals surface area contributed by atoms with E-state index in [-0.39, 0.29) is 0 Å². The Hall–Kier alpha value is -3.54. The van der Waals surface area contributed by atoms with Crippen molar-refractivity contribution in [3.8, 4) is 0 Å². The molecule has 0 amide bonds. The number of pyridine rings is 2. The number of hydrogen-bond donors (Lipinski definition) is 0. The first kappa shape index (κ1) is 16.2. The van der Waals surface area contributed by atoms with Crippen LogP contribution in [0.1, 0.15) is 0 Å². The molecule has 5 heteroatoms. The number of imidazole rings is 1. The van der Waals surface area contributed by atoms with Gasteiger partial charge in [0.25, 0.3) is 0 Å². The number of rotatable bonds is 0. The van der Waals surface area contributed by atoms with Crippen molar-refractivity contribution in [1.82, 2.24) is 14.4 Å². The van der Waals surface area contributed by atoms with Crippen LogP contribution in [-0.4, -0.2) is 14.4 Å². The third-order valence-corrected chi connectivity index (χ3v) is 8.87. The molecule has 144 valence electrons. The number of hydrogen-bond acceptors (Lipinski definition) is 4. The summed E-state index contributed by atoms with van der Waals surface area (Å²) in [5, 5.41) is 8.91. The molecule has 3 aromatic carbocycles. The van der Waals surface area contributed by atoms with Crippen LogP contribution < -0.4 is 0 Å². The second-order valence-electron chi connectivity index (χ2n) is 7.93. The predicted octanol–water partition coefficient (Wildman–Crippen LogP) is 7.77. The van der Waals surface area contributed by atoms with Gasteiger partial charge in [0.1, 0.15) is 5.65 Å². The summed E-state index contributed by atoms with van der Waals surface area (Å²) in [7, 11) is 0. The fourth-order valence-corrected chi connectivity index (χ4v) is 7.53. The smallest absolute Gasteiger partial charge is 0.146 e. The summed E-state index contributed by atoms with van der Waals surface area (Å²) in [6.07, 6.45) is 7.72. The maximum absolute atomic E-state index is 4.61. The molecule has 31 heavy (non-hydrogen) atoms. The fraction of sp³-hybridized carbons (Fsp3) is 0. The van der Waals surface area contributed by atoms with Gasteiger partial charge in [0.2, 0.25) is 0 Å².